The zero-order valence-electron chi connectivity index (χ0n) is 15.1. The van der Waals surface area contributed by atoms with Gasteiger partial charge in [-0.05, 0) is 25.7 Å². The number of amides is 2. The number of nitrogens with zero attached hydrogens (tertiary/aromatic N) is 2. The van der Waals surface area contributed by atoms with Gasteiger partial charge in [-0.25, -0.2) is 4.79 Å². The number of hydrogen-bond acceptors (Lipinski definition) is 6. The number of carbonyl (C=O) groups is 3. The molecule has 27 heavy (non-hydrogen) atoms. The second-order valence-electron chi connectivity index (χ2n) is 5.68. The van der Waals surface area contributed by atoms with E-state index in [1.165, 1.54) is 0 Å². The van der Waals surface area contributed by atoms with Gasteiger partial charge >= 0.3 is 5.97 Å². The molecule has 0 fully saturated rings. The first-order valence-corrected chi connectivity index (χ1v) is 8.29. The van der Waals surface area contributed by atoms with Crippen LogP contribution in [0.5, 0.6) is 0 Å². The van der Waals surface area contributed by atoms with Crippen molar-refractivity contribution in [3.05, 3.63) is 0 Å². The topological polar surface area (TPSA) is 250 Å². The number of rotatable bonds is 13. The van der Waals surface area contributed by atoms with Crippen LogP contribution in [0, 0.1) is 0 Å². The number of aliphatic carboxylic acids is 1. The average molecular weight is 387 g/mol. The molecule has 13 nitrogen and oxygen atoms in total. The molecule has 0 saturated heterocycles. The lowest BCUT2D eigenvalue weighted by molar-refractivity contribution is -0.141. The highest BCUT2D eigenvalue weighted by Crippen LogP contribution is 1.99. The molecule has 2 unspecified atom stereocenters. The monoisotopic (exact) mass is 387 g/mol. The van der Waals surface area contributed by atoms with E-state index in [4.69, 9.17) is 33.8 Å². The summed E-state index contributed by atoms with van der Waals surface area (Å²) in [5.74, 6) is -2.52. The van der Waals surface area contributed by atoms with Gasteiger partial charge in [0, 0.05) is 13.1 Å². The molecule has 2 atom stereocenters. The van der Waals surface area contributed by atoms with Gasteiger partial charge in [0.1, 0.15) is 6.04 Å². The maximum absolute atomic E-state index is 11.8. The highest BCUT2D eigenvalue weighted by molar-refractivity contribution is 5.89. The Hall–Kier alpha value is -3.09. The molecule has 0 aromatic carbocycles. The van der Waals surface area contributed by atoms with Crippen LogP contribution in [0.3, 0.4) is 0 Å². The van der Waals surface area contributed by atoms with Crippen LogP contribution in [-0.2, 0) is 14.4 Å². The number of nitrogens with one attached hydrogen (secondary N) is 2. The normalized spacial score (nSPS) is 12.3. The fourth-order valence-corrected chi connectivity index (χ4v) is 1.96. The lowest BCUT2D eigenvalue weighted by Gasteiger charge is -2.15. The van der Waals surface area contributed by atoms with Crippen molar-refractivity contribution in [3.63, 3.8) is 0 Å². The number of guanidine groups is 2. The second kappa shape index (κ2) is 13.2. The Morgan fingerprint density at radius 2 is 1.44 bits per heavy atom. The molecule has 0 aromatic heterocycles. The molecule has 0 aromatic rings. The van der Waals surface area contributed by atoms with Crippen molar-refractivity contribution in [1.29, 1.82) is 0 Å². The smallest absolute Gasteiger partial charge is 0.326 e. The minimum atomic E-state index is -1.20. The summed E-state index contributed by atoms with van der Waals surface area (Å²) in [7, 11) is 0. The lowest BCUT2D eigenvalue weighted by atomic mass is 10.1. The van der Waals surface area contributed by atoms with E-state index in [2.05, 4.69) is 20.6 Å². The second-order valence-corrected chi connectivity index (χ2v) is 5.68. The van der Waals surface area contributed by atoms with E-state index < -0.39 is 36.4 Å². The van der Waals surface area contributed by atoms with Crippen LogP contribution in [0.2, 0.25) is 0 Å². The minimum Gasteiger partial charge on any atom is -0.480 e. The maximum Gasteiger partial charge on any atom is 0.326 e. The molecule has 2 amide bonds. The van der Waals surface area contributed by atoms with Crippen molar-refractivity contribution in [2.75, 3.05) is 19.6 Å². The molecule has 0 radical (unpaired) electrons. The standard InChI is InChI=1S/C14H29N9O4/c15-8(3-1-5-20-13(16)17)11(25)22-7-10(24)23-9(12(26)27)4-2-6-21-14(18)19/h8-9H,1-7,15H2,(H,22,25)(H,23,24)(H,26,27)(H4,16,17,20)(H4,18,19,21). The van der Waals surface area contributed by atoms with Crippen LogP contribution < -0.4 is 39.3 Å². The zero-order valence-corrected chi connectivity index (χ0v) is 15.1. The van der Waals surface area contributed by atoms with Gasteiger partial charge in [0.15, 0.2) is 11.9 Å². The summed E-state index contributed by atoms with van der Waals surface area (Å²) < 4.78 is 0. The molecule has 0 aliphatic heterocycles. The summed E-state index contributed by atoms with van der Waals surface area (Å²) in [4.78, 5) is 42.3. The van der Waals surface area contributed by atoms with Crippen LogP contribution in [0.1, 0.15) is 25.7 Å². The third-order valence-electron chi connectivity index (χ3n) is 3.31. The van der Waals surface area contributed by atoms with Crippen LogP contribution in [0.25, 0.3) is 0 Å². The molecule has 0 saturated carbocycles. The fourth-order valence-electron chi connectivity index (χ4n) is 1.96. The Bertz CT molecular complexity index is 557. The quantitative estimate of drug-likeness (QED) is 0.0871. The zero-order chi connectivity index (χ0) is 20.8. The molecule has 0 spiro atoms. The SMILES string of the molecule is NC(N)=NCCCC(N)C(=O)NCC(=O)NC(CCCN=C(N)N)C(=O)O. The van der Waals surface area contributed by atoms with Crippen LogP contribution in [-0.4, -0.2) is 66.5 Å². The van der Waals surface area contributed by atoms with E-state index in [1.54, 1.807) is 0 Å². The summed E-state index contributed by atoms with van der Waals surface area (Å²) in [5.41, 5.74) is 26.4. The van der Waals surface area contributed by atoms with Crippen molar-refractivity contribution in [2.24, 2.45) is 38.7 Å². The molecule has 154 valence electrons. The minimum absolute atomic E-state index is 0.0454. The largest absolute Gasteiger partial charge is 0.480 e. The number of hydrogen-bond donors (Lipinski definition) is 8. The first kappa shape index (κ1) is 23.9. The Morgan fingerprint density at radius 3 is 1.93 bits per heavy atom. The van der Waals surface area contributed by atoms with Crippen molar-refractivity contribution < 1.29 is 19.5 Å². The van der Waals surface area contributed by atoms with Crippen molar-refractivity contribution in [2.45, 2.75) is 37.8 Å². The molecular weight excluding hydrogens is 358 g/mol. The highest BCUT2D eigenvalue weighted by atomic mass is 16.4. The molecule has 0 bridgehead atoms. The Kier molecular flexibility index (Phi) is 11.7. The highest BCUT2D eigenvalue weighted by Gasteiger charge is 2.20. The summed E-state index contributed by atoms with van der Waals surface area (Å²) in [6.07, 6.45) is 1.32. The van der Waals surface area contributed by atoms with Gasteiger partial charge in [-0.1, -0.05) is 0 Å². The predicted molar refractivity (Wildman–Crippen MR) is 100 cm³/mol. The maximum atomic E-state index is 11.8. The number of carboxylic acid groups (broad SMARTS) is 1. The Morgan fingerprint density at radius 1 is 0.926 bits per heavy atom. The van der Waals surface area contributed by atoms with Crippen molar-refractivity contribution in [3.8, 4) is 0 Å². The molecule has 0 aliphatic rings. The average Bonchev–Trinajstić information content (AvgIpc) is 2.58. The third kappa shape index (κ3) is 12.9. The molecule has 13 heteroatoms. The van der Waals surface area contributed by atoms with Crippen LogP contribution in [0.4, 0.5) is 0 Å². The predicted octanol–water partition coefficient (Wildman–Crippen LogP) is -3.89. The van der Waals surface area contributed by atoms with Gasteiger partial charge in [-0.3, -0.25) is 19.6 Å². The van der Waals surface area contributed by atoms with Crippen LogP contribution in [0.15, 0.2) is 9.98 Å². The number of carboxylic acids is 1. The van der Waals surface area contributed by atoms with Gasteiger partial charge in [0.25, 0.3) is 0 Å². The fraction of sp³-hybridized carbons (Fsp3) is 0.643. The molecule has 0 heterocycles. The molecular formula is C14H29N9O4. The summed E-state index contributed by atoms with van der Waals surface area (Å²) >= 11 is 0. The van der Waals surface area contributed by atoms with Gasteiger partial charge in [0.05, 0.1) is 12.6 Å². The summed E-state index contributed by atoms with van der Waals surface area (Å²) in [5, 5.41) is 13.8. The summed E-state index contributed by atoms with van der Waals surface area (Å²) in [6.45, 7) is 0.190. The van der Waals surface area contributed by atoms with Gasteiger partial charge in [-0.15, -0.1) is 0 Å². The van der Waals surface area contributed by atoms with E-state index >= 15 is 0 Å². The van der Waals surface area contributed by atoms with E-state index in [1.807, 2.05) is 0 Å². The van der Waals surface area contributed by atoms with Gasteiger partial charge in [-0.2, -0.15) is 0 Å². The van der Waals surface area contributed by atoms with Crippen molar-refractivity contribution >= 4 is 29.7 Å². The van der Waals surface area contributed by atoms with E-state index in [0.717, 1.165) is 0 Å². The van der Waals surface area contributed by atoms with E-state index in [-0.39, 0.29) is 24.9 Å². The van der Waals surface area contributed by atoms with Crippen molar-refractivity contribution in [1.82, 2.24) is 10.6 Å². The first-order valence-electron chi connectivity index (χ1n) is 8.29. The third-order valence-corrected chi connectivity index (χ3v) is 3.31. The molecule has 13 N–H and O–H groups in total. The van der Waals surface area contributed by atoms with Crippen LogP contribution >= 0.6 is 0 Å². The van der Waals surface area contributed by atoms with E-state index in [0.29, 0.717) is 25.8 Å². The van der Waals surface area contributed by atoms with Gasteiger partial charge in [0.2, 0.25) is 11.8 Å². The number of carbonyl (C=O) groups excluding carboxylic acids is 2. The Labute approximate surface area is 156 Å². The summed E-state index contributed by atoms with van der Waals surface area (Å²) in [6, 6.07) is -1.95. The lowest BCUT2D eigenvalue weighted by Crippen LogP contribution is -2.48. The van der Waals surface area contributed by atoms with Gasteiger partial charge < -0.3 is 44.4 Å². The molecule has 0 aliphatic carbocycles. The number of nitrogens with two attached hydrogens (primary N) is 5. The number of aliphatic imine (C=N–C) groups is 2. The molecule has 0 rings (SSSR count). The van der Waals surface area contributed by atoms with E-state index in [9.17, 15) is 14.4 Å². The first-order chi connectivity index (χ1) is 12.6. The Balaban J connectivity index is 4.21.